The van der Waals surface area contributed by atoms with Gasteiger partial charge in [-0.1, -0.05) is 30.3 Å². The van der Waals surface area contributed by atoms with Crippen LogP contribution in [0.3, 0.4) is 0 Å². The minimum absolute atomic E-state index is 0.0769. The van der Waals surface area contributed by atoms with E-state index in [0.29, 0.717) is 16.8 Å². The van der Waals surface area contributed by atoms with Crippen LogP contribution in [0.1, 0.15) is 18.7 Å². The van der Waals surface area contributed by atoms with Crippen LogP contribution in [0.2, 0.25) is 0 Å². The van der Waals surface area contributed by atoms with Crippen LogP contribution in [0, 0.1) is 0 Å². The Labute approximate surface area is 149 Å². The van der Waals surface area contributed by atoms with E-state index in [1.807, 2.05) is 49.4 Å². The van der Waals surface area contributed by atoms with Gasteiger partial charge in [0.15, 0.2) is 0 Å². The van der Waals surface area contributed by atoms with Crippen LogP contribution in [-0.4, -0.2) is 15.5 Å². The van der Waals surface area contributed by atoms with Gasteiger partial charge in [-0.2, -0.15) is 0 Å². The highest BCUT2D eigenvalue weighted by atomic mass is 16.3. The summed E-state index contributed by atoms with van der Waals surface area (Å²) in [5.41, 5.74) is 1.77. The first-order chi connectivity index (χ1) is 12.6. The zero-order valence-corrected chi connectivity index (χ0v) is 14.2. The van der Waals surface area contributed by atoms with Gasteiger partial charge in [-0.3, -0.25) is 14.2 Å². The van der Waals surface area contributed by atoms with Gasteiger partial charge < -0.3 is 9.73 Å². The van der Waals surface area contributed by atoms with E-state index < -0.39 is 0 Å². The molecule has 0 unspecified atom stereocenters. The number of carbonyl (C=O) groups is 1. The van der Waals surface area contributed by atoms with Crippen LogP contribution in [0.4, 0.5) is 0 Å². The smallest absolute Gasteiger partial charge is 0.269 e. The van der Waals surface area contributed by atoms with Gasteiger partial charge in [-0.05, 0) is 31.2 Å². The summed E-state index contributed by atoms with van der Waals surface area (Å²) in [4.78, 5) is 28.7. The highest BCUT2D eigenvalue weighted by Gasteiger charge is 2.15. The Hall–Kier alpha value is -3.41. The molecule has 130 valence electrons. The minimum atomic E-state index is -0.310. The number of furan rings is 1. The monoisotopic (exact) mass is 347 g/mol. The summed E-state index contributed by atoms with van der Waals surface area (Å²) in [5, 5.41) is 3.87. The number of rotatable bonds is 4. The summed E-state index contributed by atoms with van der Waals surface area (Å²) in [6.45, 7) is 1.77. The first-order valence-electron chi connectivity index (χ1n) is 8.34. The van der Waals surface area contributed by atoms with Gasteiger partial charge in [0.05, 0.1) is 23.3 Å². The lowest BCUT2D eigenvalue weighted by molar-refractivity contribution is -0.122. The van der Waals surface area contributed by atoms with Crippen molar-refractivity contribution in [1.82, 2.24) is 14.9 Å². The first kappa shape index (κ1) is 16.1. The van der Waals surface area contributed by atoms with Crippen molar-refractivity contribution in [2.24, 2.45) is 0 Å². The van der Waals surface area contributed by atoms with E-state index in [2.05, 4.69) is 10.3 Å². The van der Waals surface area contributed by atoms with Gasteiger partial charge in [0.25, 0.3) is 5.56 Å². The average Bonchev–Trinajstić information content (AvgIpc) is 3.08. The van der Waals surface area contributed by atoms with Crippen LogP contribution in [0.5, 0.6) is 0 Å². The topological polar surface area (TPSA) is 77.1 Å². The lowest BCUT2D eigenvalue weighted by Gasteiger charge is -2.13. The third-order valence-electron chi connectivity index (χ3n) is 4.30. The molecule has 0 spiro atoms. The summed E-state index contributed by atoms with van der Waals surface area (Å²) in [5.74, 6) is 0.405. The number of amides is 1. The predicted octanol–water partition coefficient (Wildman–Crippen LogP) is 3.02. The maximum atomic E-state index is 12.5. The molecular weight excluding hydrogens is 330 g/mol. The second-order valence-corrected chi connectivity index (χ2v) is 6.15. The number of para-hydroxylation sites is 3. The summed E-state index contributed by atoms with van der Waals surface area (Å²) < 4.78 is 7.20. The Balaban J connectivity index is 1.55. The van der Waals surface area contributed by atoms with Crippen molar-refractivity contribution in [3.63, 3.8) is 0 Å². The summed E-state index contributed by atoms with van der Waals surface area (Å²) in [7, 11) is 0. The quantitative estimate of drug-likeness (QED) is 0.616. The van der Waals surface area contributed by atoms with Gasteiger partial charge in [0, 0.05) is 5.39 Å². The second kappa shape index (κ2) is 6.48. The molecule has 0 saturated carbocycles. The van der Waals surface area contributed by atoms with Crippen molar-refractivity contribution in [2.45, 2.75) is 19.5 Å². The van der Waals surface area contributed by atoms with E-state index >= 15 is 0 Å². The van der Waals surface area contributed by atoms with E-state index in [9.17, 15) is 9.59 Å². The predicted molar refractivity (Wildman–Crippen MR) is 98.8 cm³/mol. The fourth-order valence-corrected chi connectivity index (χ4v) is 3.00. The number of hydrogen-bond acceptors (Lipinski definition) is 4. The van der Waals surface area contributed by atoms with Crippen molar-refractivity contribution < 1.29 is 9.21 Å². The fraction of sp³-hybridized carbons (Fsp3) is 0.150. The SMILES string of the molecule is C[C@H](NC(=O)Cn1c(=O)cnc2ccccc21)c1cc2ccccc2o1. The van der Waals surface area contributed by atoms with Crippen LogP contribution in [-0.2, 0) is 11.3 Å². The van der Waals surface area contributed by atoms with Crippen LogP contribution >= 0.6 is 0 Å². The van der Waals surface area contributed by atoms with Gasteiger partial charge >= 0.3 is 0 Å². The maximum Gasteiger partial charge on any atom is 0.269 e. The molecule has 0 aliphatic carbocycles. The largest absolute Gasteiger partial charge is 0.459 e. The molecule has 4 rings (SSSR count). The Kier molecular flexibility index (Phi) is 4.01. The van der Waals surface area contributed by atoms with E-state index in [-0.39, 0.29) is 24.1 Å². The van der Waals surface area contributed by atoms with Crippen LogP contribution in [0.15, 0.2) is 70.0 Å². The molecule has 26 heavy (non-hydrogen) atoms. The molecule has 0 fully saturated rings. The molecule has 0 saturated heterocycles. The van der Waals surface area contributed by atoms with Gasteiger partial charge in [-0.25, -0.2) is 4.98 Å². The number of nitrogens with zero attached hydrogens (tertiary/aromatic N) is 2. The highest BCUT2D eigenvalue weighted by Crippen LogP contribution is 2.23. The molecule has 0 bridgehead atoms. The third kappa shape index (κ3) is 2.97. The first-order valence-corrected chi connectivity index (χ1v) is 8.34. The van der Waals surface area contributed by atoms with Gasteiger partial charge in [0.1, 0.15) is 17.9 Å². The Morgan fingerprint density at radius 3 is 2.81 bits per heavy atom. The molecule has 6 nitrogen and oxygen atoms in total. The van der Waals surface area contributed by atoms with E-state index in [4.69, 9.17) is 4.42 Å². The van der Waals surface area contributed by atoms with E-state index in [0.717, 1.165) is 11.0 Å². The summed E-state index contributed by atoms with van der Waals surface area (Å²) in [6, 6.07) is 16.5. The lowest BCUT2D eigenvalue weighted by Crippen LogP contribution is -2.33. The average molecular weight is 347 g/mol. The number of aromatic nitrogens is 2. The van der Waals surface area contributed by atoms with Crippen LogP contribution in [0.25, 0.3) is 22.0 Å². The van der Waals surface area contributed by atoms with Crippen molar-refractivity contribution in [3.05, 3.63) is 76.9 Å². The van der Waals surface area contributed by atoms with Gasteiger partial charge in [-0.15, -0.1) is 0 Å². The Morgan fingerprint density at radius 2 is 1.96 bits per heavy atom. The van der Waals surface area contributed by atoms with Gasteiger partial charge in [0.2, 0.25) is 5.91 Å². The molecule has 1 atom stereocenters. The third-order valence-corrected chi connectivity index (χ3v) is 4.30. The summed E-state index contributed by atoms with van der Waals surface area (Å²) >= 11 is 0. The van der Waals surface area contributed by atoms with Crippen molar-refractivity contribution in [2.75, 3.05) is 0 Å². The Bertz CT molecular complexity index is 1130. The lowest BCUT2D eigenvalue weighted by atomic mass is 10.2. The number of benzene rings is 2. The highest BCUT2D eigenvalue weighted by molar-refractivity contribution is 5.81. The van der Waals surface area contributed by atoms with Crippen molar-refractivity contribution in [1.29, 1.82) is 0 Å². The molecule has 0 radical (unpaired) electrons. The molecule has 0 aliphatic heterocycles. The van der Waals surface area contributed by atoms with Crippen LogP contribution < -0.4 is 10.9 Å². The molecule has 2 aromatic carbocycles. The number of hydrogen-bond donors (Lipinski definition) is 1. The zero-order valence-electron chi connectivity index (χ0n) is 14.2. The number of fused-ring (bicyclic) bond motifs is 2. The molecule has 4 aromatic rings. The standard InChI is InChI=1S/C20H17N3O3/c1-13(18-10-14-6-2-5-9-17(14)26-18)22-19(24)12-23-16-8-4-3-7-15(16)21-11-20(23)25/h2-11,13H,12H2,1H3,(H,22,24)/t13-/m0/s1. The van der Waals surface area contributed by atoms with E-state index in [1.165, 1.54) is 10.8 Å². The molecular formula is C20H17N3O3. The zero-order chi connectivity index (χ0) is 18.1. The van der Waals surface area contributed by atoms with Crippen molar-refractivity contribution >= 4 is 27.9 Å². The van der Waals surface area contributed by atoms with Crippen molar-refractivity contribution in [3.8, 4) is 0 Å². The maximum absolute atomic E-state index is 12.5. The molecule has 2 heterocycles. The molecule has 1 amide bonds. The van der Waals surface area contributed by atoms with E-state index in [1.54, 1.807) is 12.1 Å². The molecule has 1 N–H and O–H groups in total. The Morgan fingerprint density at radius 1 is 1.19 bits per heavy atom. The summed E-state index contributed by atoms with van der Waals surface area (Å²) in [6.07, 6.45) is 1.23. The normalized spacial score (nSPS) is 12.3. The number of carbonyl (C=O) groups excluding carboxylic acids is 1. The minimum Gasteiger partial charge on any atom is -0.459 e. The second-order valence-electron chi connectivity index (χ2n) is 6.15. The molecule has 2 aromatic heterocycles. The number of nitrogens with one attached hydrogen (secondary N) is 1. The fourth-order valence-electron chi connectivity index (χ4n) is 3.00. The molecule has 0 aliphatic rings. The molecule has 6 heteroatoms.